The van der Waals surface area contributed by atoms with Crippen molar-refractivity contribution in [3.63, 3.8) is 0 Å². The molecule has 0 aromatic carbocycles. The molecule has 12 heteroatoms. The summed E-state index contributed by atoms with van der Waals surface area (Å²) >= 11 is 0. The van der Waals surface area contributed by atoms with Crippen LogP contribution in [0.25, 0.3) is 5.57 Å². The first-order valence-corrected chi connectivity index (χ1v) is 9.39. The molecule has 5 N–H and O–H groups in total. The number of anilines is 1. The number of pyridine rings is 1. The molecule has 2 heterocycles. The number of carbonyl (C=O) groups excluding carboxylic acids is 2. The molecular weight excluding hydrogens is 429 g/mol. The third-order valence-corrected chi connectivity index (χ3v) is 4.47. The highest BCUT2D eigenvalue weighted by molar-refractivity contribution is 5.92. The van der Waals surface area contributed by atoms with Crippen LogP contribution in [0.2, 0.25) is 0 Å². The summed E-state index contributed by atoms with van der Waals surface area (Å²) in [4.78, 5) is 35.0. The largest absolute Gasteiger partial charge is 0.443 e. The summed E-state index contributed by atoms with van der Waals surface area (Å²) in [6, 6.07) is 2.59. The number of carbonyl (C=O) groups is 2. The molecule has 0 bridgehead atoms. The van der Waals surface area contributed by atoms with Gasteiger partial charge in [-0.25, -0.2) is 15.0 Å². The maximum atomic E-state index is 13.1. The van der Waals surface area contributed by atoms with Gasteiger partial charge in [-0.2, -0.15) is 13.2 Å². The van der Waals surface area contributed by atoms with Gasteiger partial charge in [0.1, 0.15) is 28.9 Å². The number of primary amides is 2. The van der Waals surface area contributed by atoms with Gasteiger partial charge in [-0.15, -0.1) is 0 Å². The second-order valence-electron chi connectivity index (χ2n) is 6.88. The Balaban J connectivity index is 1.87. The Morgan fingerprint density at radius 1 is 1.19 bits per heavy atom. The molecule has 32 heavy (non-hydrogen) atoms. The topological polar surface area (TPSA) is 146 Å². The van der Waals surface area contributed by atoms with Gasteiger partial charge in [-0.05, 0) is 37.1 Å². The minimum Gasteiger partial charge on any atom is -0.443 e. The predicted octanol–water partition coefficient (Wildman–Crippen LogP) is 2.42. The summed E-state index contributed by atoms with van der Waals surface area (Å²) in [5, 5.41) is 2.76. The molecule has 2 amide bonds. The number of nitrogens with one attached hydrogen (secondary N) is 1. The van der Waals surface area contributed by atoms with Crippen LogP contribution in [-0.4, -0.2) is 32.8 Å². The van der Waals surface area contributed by atoms with Crippen LogP contribution >= 0.6 is 0 Å². The summed E-state index contributed by atoms with van der Waals surface area (Å²) in [5.41, 5.74) is 10.1. The maximum absolute atomic E-state index is 13.1. The molecule has 0 fully saturated rings. The van der Waals surface area contributed by atoms with Gasteiger partial charge in [-0.3, -0.25) is 9.59 Å². The van der Waals surface area contributed by atoms with Gasteiger partial charge in [0, 0.05) is 18.7 Å². The predicted molar refractivity (Wildman–Crippen MR) is 108 cm³/mol. The molecule has 9 nitrogen and oxygen atoms in total. The molecule has 3 rings (SSSR count). The van der Waals surface area contributed by atoms with E-state index in [0.717, 1.165) is 6.07 Å². The highest BCUT2D eigenvalue weighted by Gasteiger charge is 2.35. The summed E-state index contributed by atoms with van der Waals surface area (Å²) in [6.07, 6.45) is 0.204. The number of allylic oxidation sites excluding steroid dienone is 4. The van der Waals surface area contributed by atoms with Crippen molar-refractivity contribution < 1.29 is 27.5 Å². The van der Waals surface area contributed by atoms with E-state index in [-0.39, 0.29) is 29.5 Å². The molecule has 0 aliphatic heterocycles. The Hall–Kier alpha value is -3.96. The van der Waals surface area contributed by atoms with E-state index in [9.17, 15) is 22.8 Å². The fourth-order valence-corrected chi connectivity index (χ4v) is 2.79. The fraction of sp³-hybridized carbons (Fsp3) is 0.250. The normalized spacial score (nSPS) is 14.8. The van der Waals surface area contributed by atoms with E-state index in [1.165, 1.54) is 31.3 Å². The number of hydrogen-bond donors (Lipinski definition) is 3. The third kappa shape index (κ3) is 5.39. The van der Waals surface area contributed by atoms with Crippen LogP contribution in [0.1, 0.15) is 41.6 Å². The Labute approximate surface area is 180 Å². The molecule has 2 aromatic heterocycles. The van der Waals surface area contributed by atoms with Crippen LogP contribution in [0.5, 0.6) is 5.88 Å². The molecular formula is C20H19F3N6O3. The summed E-state index contributed by atoms with van der Waals surface area (Å²) in [7, 11) is 0. The molecule has 1 aliphatic carbocycles. The Kier molecular flexibility index (Phi) is 6.42. The quantitative estimate of drug-likeness (QED) is 0.589. The summed E-state index contributed by atoms with van der Waals surface area (Å²) < 4.78 is 44.7. The first-order valence-electron chi connectivity index (χ1n) is 9.39. The van der Waals surface area contributed by atoms with Crippen LogP contribution < -0.4 is 21.5 Å². The van der Waals surface area contributed by atoms with Crippen molar-refractivity contribution in [3.05, 3.63) is 59.4 Å². The Morgan fingerprint density at radius 2 is 1.94 bits per heavy atom. The molecule has 0 spiro atoms. The Morgan fingerprint density at radius 3 is 2.53 bits per heavy atom. The number of ether oxygens (including phenoxy) is 1. The van der Waals surface area contributed by atoms with Crippen molar-refractivity contribution in [3.8, 4) is 5.88 Å². The van der Waals surface area contributed by atoms with Gasteiger partial charge in [0.05, 0.1) is 0 Å². The number of rotatable bonds is 7. The van der Waals surface area contributed by atoms with E-state index in [0.29, 0.717) is 12.0 Å². The van der Waals surface area contributed by atoms with E-state index in [2.05, 4.69) is 20.3 Å². The lowest BCUT2D eigenvalue weighted by Gasteiger charge is -2.18. The van der Waals surface area contributed by atoms with Gasteiger partial charge in [0.15, 0.2) is 5.82 Å². The number of amides is 2. The summed E-state index contributed by atoms with van der Waals surface area (Å²) in [5.74, 6) is -1.35. The number of nitrogens with zero attached hydrogens (tertiary/aromatic N) is 3. The molecule has 1 atom stereocenters. The minimum absolute atomic E-state index is 0.0793. The maximum Gasteiger partial charge on any atom is 0.421 e. The first kappa shape index (κ1) is 22.7. The first-order chi connectivity index (χ1) is 15.0. The second kappa shape index (κ2) is 9.04. The van der Waals surface area contributed by atoms with Crippen molar-refractivity contribution in [1.29, 1.82) is 0 Å². The van der Waals surface area contributed by atoms with Crippen LogP contribution in [0.3, 0.4) is 0 Å². The van der Waals surface area contributed by atoms with Crippen LogP contribution in [0, 0.1) is 0 Å². The van der Waals surface area contributed by atoms with Crippen molar-refractivity contribution in [1.82, 2.24) is 15.0 Å². The van der Waals surface area contributed by atoms with Crippen molar-refractivity contribution in [2.75, 3.05) is 5.32 Å². The molecule has 0 saturated carbocycles. The molecule has 168 valence electrons. The van der Waals surface area contributed by atoms with Crippen LogP contribution in [0.4, 0.5) is 19.0 Å². The van der Waals surface area contributed by atoms with E-state index in [1.807, 2.05) is 0 Å². The zero-order chi connectivity index (χ0) is 23.5. The average molecular weight is 448 g/mol. The lowest BCUT2D eigenvalue weighted by atomic mass is 10.0. The molecule has 0 radical (unpaired) electrons. The van der Waals surface area contributed by atoms with E-state index >= 15 is 0 Å². The van der Waals surface area contributed by atoms with Gasteiger partial charge in [0.2, 0.25) is 11.8 Å². The van der Waals surface area contributed by atoms with E-state index < -0.39 is 35.5 Å². The van der Waals surface area contributed by atoms with Crippen molar-refractivity contribution in [2.45, 2.75) is 32.0 Å². The van der Waals surface area contributed by atoms with E-state index in [4.69, 9.17) is 16.2 Å². The summed E-state index contributed by atoms with van der Waals surface area (Å²) in [6.45, 7) is 1.52. The van der Waals surface area contributed by atoms with Crippen LogP contribution in [-0.2, 0) is 11.0 Å². The smallest absolute Gasteiger partial charge is 0.421 e. The SMILES string of the molecule is C[C@H](Nc1cc(C(N)=O)nc(C2=CC=C(Oc3ncccc3C(F)(F)F)CC2)n1)C(N)=O. The molecule has 2 aromatic rings. The fourth-order valence-electron chi connectivity index (χ4n) is 2.79. The van der Waals surface area contributed by atoms with Gasteiger partial charge in [-0.1, -0.05) is 6.08 Å². The zero-order valence-electron chi connectivity index (χ0n) is 16.8. The van der Waals surface area contributed by atoms with Crippen LogP contribution in [0.15, 0.2) is 42.3 Å². The monoisotopic (exact) mass is 448 g/mol. The minimum atomic E-state index is -4.60. The third-order valence-electron chi connectivity index (χ3n) is 4.47. The highest BCUT2D eigenvalue weighted by Crippen LogP contribution is 2.36. The lowest BCUT2D eigenvalue weighted by Crippen LogP contribution is -2.33. The number of hydrogen-bond acceptors (Lipinski definition) is 7. The number of aromatic nitrogens is 3. The molecule has 0 saturated heterocycles. The van der Waals surface area contributed by atoms with Gasteiger partial charge < -0.3 is 21.5 Å². The Bertz CT molecular complexity index is 1110. The van der Waals surface area contributed by atoms with E-state index in [1.54, 1.807) is 6.08 Å². The number of nitrogens with two attached hydrogens (primary N) is 2. The lowest BCUT2D eigenvalue weighted by molar-refractivity contribution is -0.139. The standard InChI is InChI=1S/C20H19F3N6O3/c1-10(16(24)30)27-15-9-14(17(25)31)28-18(29-15)11-4-6-12(7-5-11)32-19-13(20(21,22)23)3-2-8-26-19/h2-4,6,8-10H,5,7H2,1H3,(H2,24,30)(H2,25,31)(H,27,28,29)/t10-/m0/s1. The number of alkyl halides is 3. The molecule has 0 unspecified atom stereocenters. The highest BCUT2D eigenvalue weighted by atomic mass is 19.4. The van der Waals surface area contributed by atoms with Gasteiger partial charge in [0.25, 0.3) is 5.91 Å². The van der Waals surface area contributed by atoms with Crippen molar-refractivity contribution >= 4 is 23.2 Å². The average Bonchev–Trinajstić information content (AvgIpc) is 2.73. The zero-order valence-corrected chi connectivity index (χ0v) is 16.8. The number of halogens is 3. The van der Waals surface area contributed by atoms with Gasteiger partial charge >= 0.3 is 6.18 Å². The second-order valence-corrected chi connectivity index (χ2v) is 6.88. The molecule has 1 aliphatic rings. The van der Waals surface area contributed by atoms with Crippen molar-refractivity contribution in [2.24, 2.45) is 11.5 Å².